The van der Waals surface area contributed by atoms with Crippen LogP contribution in [0, 0.1) is 10.1 Å². The second-order valence-corrected chi connectivity index (χ2v) is 8.62. The highest BCUT2D eigenvalue weighted by molar-refractivity contribution is 7.89. The number of aromatic nitrogens is 1. The summed E-state index contributed by atoms with van der Waals surface area (Å²) in [5.74, 6) is 0.486. The Balaban J connectivity index is 1.80. The van der Waals surface area contributed by atoms with Crippen LogP contribution in [0.5, 0.6) is 0 Å². The lowest BCUT2D eigenvalue weighted by molar-refractivity contribution is -0.384. The highest BCUT2D eigenvalue weighted by Crippen LogP contribution is 2.29. The van der Waals surface area contributed by atoms with E-state index in [0.717, 1.165) is 9.87 Å². The Kier molecular flexibility index (Phi) is 5.90. The Hall–Kier alpha value is -3.30. The monoisotopic (exact) mass is 412 g/mol. The van der Waals surface area contributed by atoms with Crippen LogP contribution >= 0.6 is 0 Å². The van der Waals surface area contributed by atoms with Crippen LogP contribution in [0.15, 0.2) is 71.6 Å². The number of benzene rings is 2. The number of hydrogen-bond donors (Lipinski definition) is 1. The van der Waals surface area contributed by atoms with Crippen molar-refractivity contribution in [2.24, 2.45) is 0 Å². The van der Waals surface area contributed by atoms with Gasteiger partial charge >= 0.3 is 0 Å². The van der Waals surface area contributed by atoms with Gasteiger partial charge in [-0.25, -0.2) is 17.7 Å². The summed E-state index contributed by atoms with van der Waals surface area (Å²) in [4.78, 5) is 15.5. The molecule has 0 saturated heterocycles. The molecule has 0 aliphatic rings. The van der Waals surface area contributed by atoms with Crippen LogP contribution in [0.1, 0.15) is 5.56 Å². The van der Waals surface area contributed by atoms with Gasteiger partial charge in [0.05, 0.1) is 9.82 Å². The molecule has 1 N–H and O–H groups in total. The van der Waals surface area contributed by atoms with Crippen LogP contribution in [0.4, 0.5) is 11.5 Å². The van der Waals surface area contributed by atoms with Crippen LogP contribution in [0.2, 0.25) is 0 Å². The Morgan fingerprint density at radius 1 is 1.00 bits per heavy atom. The van der Waals surface area contributed by atoms with E-state index in [1.807, 2.05) is 6.07 Å². The Labute approximate surface area is 169 Å². The smallest absolute Gasteiger partial charge is 0.295 e. The molecule has 1 heterocycles. The Morgan fingerprint density at radius 2 is 1.66 bits per heavy atom. The average Bonchev–Trinajstić information content (AvgIpc) is 2.72. The normalized spacial score (nSPS) is 11.4. The van der Waals surface area contributed by atoms with Gasteiger partial charge in [-0.2, -0.15) is 0 Å². The van der Waals surface area contributed by atoms with Gasteiger partial charge in [-0.15, -0.1) is 0 Å². The zero-order chi connectivity index (χ0) is 21.0. The van der Waals surface area contributed by atoms with E-state index >= 15 is 0 Å². The minimum atomic E-state index is -3.47. The molecule has 8 nitrogen and oxygen atoms in total. The number of anilines is 1. The Bertz CT molecular complexity index is 1110. The van der Waals surface area contributed by atoms with Crippen LogP contribution in [0.25, 0.3) is 11.3 Å². The maximum absolute atomic E-state index is 12.1. The van der Waals surface area contributed by atoms with Crippen molar-refractivity contribution >= 4 is 21.5 Å². The average molecular weight is 412 g/mol. The number of pyridine rings is 1. The summed E-state index contributed by atoms with van der Waals surface area (Å²) in [5.41, 5.74) is 1.72. The lowest BCUT2D eigenvalue weighted by atomic mass is 10.1. The first-order valence-electron chi connectivity index (χ1n) is 8.75. The fourth-order valence-electron chi connectivity index (χ4n) is 2.69. The fraction of sp³-hybridized carbons (Fsp3) is 0.150. The van der Waals surface area contributed by atoms with Gasteiger partial charge in [0.15, 0.2) is 5.69 Å². The third kappa shape index (κ3) is 4.58. The fourth-order valence-corrected chi connectivity index (χ4v) is 3.59. The van der Waals surface area contributed by atoms with Crippen molar-refractivity contribution in [1.29, 1.82) is 0 Å². The van der Waals surface area contributed by atoms with E-state index in [-0.39, 0.29) is 16.3 Å². The summed E-state index contributed by atoms with van der Waals surface area (Å²) >= 11 is 0. The first kappa shape index (κ1) is 20.4. The molecule has 0 aliphatic carbocycles. The number of nitrogens with zero attached hydrogens (tertiary/aromatic N) is 3. The van der Waals surface area contributed by atoms with Gasteiger partial charge in [-0.3, -0.25) is 10.1 Å². The van der Waals surface area contributed by atoms with Gasteiger partial charge < -0.3 is 5.32 Å². The van der Waals surface area contributed by atoms with Crippen LogP contribution < -0.4 is 5.32 Å². The van der Waals surface area contributed by atoms with Crippen molar-refractivity contribution in [3.63, 3.8) is 0 Å². The molecule has 150 valence electrons. The maximum Gasteiger partial charge on any atom is 0.295 e. The van der Waals surface area contributed by atoms with E-state index < -0.39 is 14.9 Å². The topological polar surface area (TPSA) is 105 Å². The maximum atomic E-state index is 12.1. The van der Waals surface area contributed by atoms with E-state index in [1.54, 1.807) is 54.6 Å². The Morgan fingerprint density at radius 3 is 2.24 bits per heavy atom. The SMILES string of the molecule is CN(C)S(=O)(=O)c1ccc(CNc2ccc([N+](=O)[O-])c(-c3ccccc3)n2)cc1. The van der Waals surface area contributed by atoms with Crippen molar-refractivity contribution in [3.8, 4) is 11.3 Å². The summed E-state index contributed by atoms with van der Waals surface area (Å²) in [5, 5.41) is 14.5. The second-order valence-electron chi connectivity index (χ2n) is 6.47. The van der Waals surface area contributed by atoms with E-state index in [4.69, 9.17) is 0 Å². The highest BCUT2D eigenvalue weighted by Gasteiger charge is 2.18. The van der Waals surface area contributed by atoms with Crippen molar-refractivity contribution in [2.75, 3.05) is 19.4 Å². The molecular formula is C20H20N4O4S. The largest absolute Gasteiger partial charge is 0.366 e. The first-order valence-corrected chi connectivity index (χ1v) is 10.2. The molecule has 0 radical (unpaired) electrons. The number of nitrogens with one attached hydrogen (secondary N) is 1. The highest BCUT2D eigenvalue weighted by atomic mass is 32.2. The zero-order valence-corrected chi connectivity index (χ0v) is 16.8. The molecule has 0 amide bonds. The van der Waals surface area contributed by atoms with Crippen LogP contribution in [-0.4, -0.2) is 36.7 Å². The van der Waals surface area contributed by atoms with Crippen LogP contribution in [-0.2, 0) is 16.6 Å². The predicted octanol–water partition coefficient (Wildman–Crippen LogP) is 3.52. The molecule has 2 aromatic carbocycles. The molecule has 1 aromatic heterocycles. The summed E-state index contributed by atoms with van der Waals surface area (Å²) in [6.45, 7) is 0.390. The van der Waals surface area contributed by atoms with Crippen molar-refractivity contribution in [2.45, 2.75) is 11.4 Å². The molecular weight excluding hydrogens is 392 g/mol. The summed E-state index contributed by atoms with van der Waals surface area (Å²) in [6, 6.07) is 18.5. The van der Waals surface area contributed by atoms with Gasteiger partial charge in [0.2, 0.25) is 10.0 Å². The summed E-state index contributed by atoms with van der Waals surface area (Å²) < 4.78 is 25.4. The van der Waals surface area contributed by atoms with Crippen molar-refractivity contribution < 1.29 is 13.3 Å². The predicted molar refractivity (Wildman–Crippen MR) is 111 cm³/mol. The quantitative estimate of drug-likeness (QED) is 0.470. The van der Waals surface area contributed by atoms with Gasteiger partial charge in [0, 0.05) is 32.3 Å². The lowest BCUT2D eigenvalue weighted by Crippen LogP contribution is -2.22. The molecule has 0 atom stereocenters. The molecule has 3 rings (SSSR count). The molecule has 0 unspecified atom stereocenters. The van der Waals surface area contributed by atoms with Gasteiger partial charge in [-0.1, -0.05) is 42.5 Å². The van der Waals surface area contributed by atoms with Gasteiger partial charge in [0.25, 0.3) is 5.69 Å². The van der Waals surface area contributed by atoms with E-state index in [9.17, 15) is 18.5 Å². The molecule has 0 saturated carbocycles. The second kappa shape index (κ2) is 8.38. The standard InChI is InChI=1S/C20H20N4O4S/c1-23(2)29(27,28)17-10-8-15(9-11-17)14-21-19-13-12-18(24(25)26)20(22-19)16-6-4-3-5-7-16/h3-13H,14H2,1-2H3,(H,21,22). The number of sulfonamides is 1. The molecule has 3 aromatic rings. The van der Waals surface area contributed by atoms with E-state index in [1.165, 1.54) is 20.2 Å². The van der Waals surface area contributed by atoms with Crippen molar-refractivity contribution in [1.82, 2.24) is 9.29 Å². The minimum absolute atomic E-state index is 0.0694. The minimum Gasteiger partial charge on any atom is -0.366 e. The third-order valence-corrected chi connectivity index (χ3v) is 6.12. The lowest BCUT2D eigenvalue weighted by Gasteiger charge is -2.12. The molecule has 0 aliphatic heterocycles. The molecule has 0 fully saturated rings. The summed E-state index contributed by atoms with van der Waals surface area (Å²) in [6.07, 6.45) is 0. The van der Waals surface area contributed by atoms with Gasteiger partial charge in [-0.05, 0) is 23.8 Å². The molecule has 0 bridgehead atoms. The van der Waals surface area contributed by atoms with Crippen molar-refractivity contribution in [3.05, 3.63) is 82.4 Å². The third-order valence-electron chi connectivity index (χ3n) is 4.29. The molecule has 29 heavy (non-hydrogen) atoms. The number of hydrogen-bond acceptors (Lipinski definition) is 6. The summed E-state index contributed by atoms with van der Waals surface area (Å²) in [7, 11) is -0.510. The zero-order valence-electron chi connectivity index (χ0n) is 15.9. The van der Waals surface area contributed by atoms with E-state index in [2.05, 4.69) is 10.3 Å². The van der Waals surface area contributed by atoms with E-state index in [0.29, 0.717) is 17.9 Å². The van der Waals surface area contributed by atoms with Gasteiger partial charge in [0.1, 0.15) is 5.82 Å². The van der Waals surface area contributed by atoms with Crippen LogP contribution in [0.3, 0.4) is 0 Å². The molecule has 0 spiro atoms. The number of rotatable bonds is 7. The first-order chi connectivity index (χ1) is 13.8. The molecule has 9 heteroatoms. The number of nitro groups is 1.